The summed E-state index contributed by atoms with van der Waals surface area (Å²) in [6.07, 6.45) is 4.07. The molecule has 3 rings (SSSR count). The van der Waals surface area contributed by atoms with Gasteiger partial charge in [0.2, 0.25) is 0 Å². The van der Waals surface area contributed by atoms with Crippen LogP contribution < -0.4 is 0 Å². The molecule has 0 bridgehead atoms. The van der Waals surface area contributed by atoms with Gasteiger partial charge in [-0.2, -0.15) is 0 Å². The summed E-state index contributed by atoms with van der Waals surface area (Å²) in [5, 5.41) is 0. The van der Waals surface area contributed by atoms with Gasteiger partial charge >= 0.3 is 5.97 Å². The predicted molar refractivity (Wildman–Crippen MR) is 63.7 cm³/mol. The summed E-state index contributed by atoms with van der Waals surface area (Å²) in [6, 6.07) is 5.57. The number of hydrogen-bond acceptors (Lipinski definition) is 3. The van der Waals surface area contributed by atoms with Crippen LogP contribution in [0.25, 0.3) is 11.0 Å². The zero-order valence-corrected chi connectivity index (χ0v) is 9.72. The van der Waals surface area contributed by atoms with E-state index < -0.39 is 0 Å². The lowest BCUT2D eigenvalue weighted by Gasteiger charge is -2.04. The van der Waals surface area contributed by atoms with E-state index in [1.54, 1.807) is 12.4 Å². The maximum Gasteiger partial charge on any atom is 0.340 e. The molecule has 1 aromatic heterocycles. The summed E-state index contributed by atoms with van der Waals surface area (Å²) in [5.41, 5.74) is 2.23. The molecule has 1 aliphatic carbocycles. The Labute approximate surface area is 99.2 Å². The first-order chi connectivity index (χ1) is 8.25. The normalized spacial score (nSPS) is 15.1. The molecule has 1 saturated carbocycles. The van der Waals surface area contributed by atoms with E-state index in [0.717, 1.165) is 11.0 Å². The fourth-order valence-electron chi connectivity index (χ4n) is 1.88. The van der Waals surface area contributed by atoms with Crippen molar-refractivity contribution in [2.24, 2.45) is 13.0 Å². The van der Waals surface area contributed by atoms with Gasteiger partial charge in [-0.1, -0.05) is 6.07 Å². The number of carbonyl (C=O) groups excluding carboxylic acids is 1. The van der Waals surface area contributed by atoms with E-state index in [2.05, 4.69) is 4.98 Å². The molecule has 2 aromatic rings. The summed E-state index contributed by atoms with van der Waals surface area (Å²) in [4.78, 5) is 16.2. The van der Waals surface area contributed by atoms with E-state index in [0.29, 0.717) is 18.1 Å². The quantitative estimate of drug-likeness (QED) is 0.759. The first kappa shape index (κ1) is 10.3. The number of aromatic nitrogens is 2. The standard InChI is InChI=1S/C13H14N2O2/c1-15-8-14-12-10(3-2-4-11(12)15)13(16)17-7-9-5-6-9/h2-4,8-9H,5-7H2,1H3. The van der Waals surface area contributed by atoms with Crippen molar-refractivity contribution in [3.8, 4) is 0 Å². The highest BCUT2D eigenvalue weighted by atomic mass is 16.5. The first-order valence-corrected chi connectivity index (χ1v) is 5.83. The molecule has 4 nitrogen and oxygen atoms in total. The second-order valence-electron chi connectivity index (χ2n) is 4.57. The van der Waals surface area contributed by atoms with Crippen LogP contribution in [-0.4, -0.2) is 22.1 Å². The Bertz CT molecular complexity index is 570. The van der Waals surface area contributed by atoms with E-state index in [4.69, 9.17) is 4.74 Å². The summed E-state index contributed by atoms with van der Waals surface area (Å²) in [5.74, 6) is 0.322. The number of nitrogens with zero attached hydrogens (tertiary/aromatic N) is 2. The van der Waals surface area contributed by atoms with Gasteiger partial charge in [-0.15, -0.1) is 0 Å². The molecular weight excluding hydrogens is 216 g/mol. The van der Waals surface area contributed by atoms with Crippen LogP contribution in [0.2, 0.25) is 0 Å². The van der Waals surface area contributed by atoms with Gasteiger partial charge in [0.15, 0.2) is 0 Å². The van der Waals surface area contributed by atoms with Crippen molar-refractivity contribution < 1.29 is 9.53 Å². The second-order valence-corrected chi connectivity index (χ2v) is 4.57. The van der Waals surface area contributed by atoms with Crippen LogP contribution in [0.15, 0.2) is 24.5 Å². The van der Waals surface area contributed by atoms with Gasteiger partial charge in [0, 0.05) is 7.05 Å². The van der Waals surface area contributed by atoms with Gasteiger partial charge in [-0.25, -0.2) is 9.78 Å². The van der Waals surface area contributed by atoms with Crippen LogP contribution in [-0.2, 0) is 11.8 Å². The highest BCUT2D eigenvalue weighted by Crippen LogP contribution is 2.29. The van der Waals surface area contributed by atoms with Gasteiger partial charge in [0.05, 0.1) is 24.0 Å². The molecule has 1 heterocycles. The fourth-order valence-corrected chi connectivity index (χ4v) is 1.88. The highest BCUT2D eigenvalue weighted by molar-refractivity contribution is 6.01. The molecule has 0 N–H and O–H groups in total. The molecule has 4 heteroatoms. The number of para-hydroxylation sites is 1. The van der Waals surface area contributed by atoms with Crippen LogP contribution in [0, 0.1) is 5.92 Å². The number of imidazole rings is 1. The molecule has 1 aliphatic rings. The summed E-state index contributed by atoms with van der Waals surface area (Å²) in [6.45, 7) is 0.544. The largest absolute Gasteiger partial charge is 0.462 e. The van der Waals surface area contributed by atoms with Crippen molar-refractivity contribution >= 4 is 17.0 Å². The number of rotatable bonds is 3. The molecule has 17 heavy (non-hydrogen) atoms. The van der Waals surface area contributed by atoms with Crippen LogP contribution >= 0.6 is 0 Å². The minimum absolute atomic E-state index is 0.263. The molecule has 88 valence electrons. The lowest BCUT2D eigenvalue weighted by molar-refractivity contribution is 0.0488. The van der Waals surface area contributed by atoms with Gasteiger partial charge < -0.3 is 9.30 Å². The topological polar surface area (TPSA) is 44.1 Å². The average Bonchev–Trinajstić information content (AvgIpc) is 3.10. The highest BCUT2D eigenvalue weighted by Gasteiger charge is 2.24. The molecule has 0 saturated heterocycles. The van der Waals surface area contributed by atoms with Gasteiger partial charge in [-0.05, 0) is 30.9 Å². The third kappa shape index (κ3) is 1.90. The molecule has 0 aliphatic heterocycles. The number of aryl methyl sites for hydroxylation is 1. The number of hydrogen-bond donors (Lipinski definition) is 0. The third-order valence-electron chi connectivity index (χ3n) is 3.12. The summed E-state index contributed by atoms with van der Waals surface area (Å²) in [7, 11) is 1.91. The van der Waals surface area contributed by atoms with Gasteiger partial charge in [0.25, 0.3) is 0 Å². The molecule has 0 radical (unpaired) electrons. The van der Waals surface area contributed by atoms with Crippen LogP contribution in [0.3, 0.4) is 0 Å². The van der Waals surface area contributed by atoms with Crippen molar-refractivity contribution in [1.82, 2.24) is 9.55 Å². The summed E-state index contributed by atoms with van der Waals surface area (Å²) < 4.78 is 7.18. The van der Waals surface area contributed by atoms with Gasteiger partial charge in [-0.3, -0.25) is 0 Å². The minimum Gasteiger partial charge on any atom is -0.462 e. The van der Waals surface area contributed by atoms with Crippen LogP contribution in [0.1, 0.15) is 23.2 Å². The molecule has 0 amide bonds. The Balaban J connectivity index is 1.90. The lowest BCUT2D eigenvalue weighted by Crippen LogP contribution is -2.08. The van der Waals surface area contributed by atoms with Crippen molar-refractivity contribution in [1.29, 1.82) is 0 Å². The Morgan fingerprint density at radius 1 is 1.53 bits per heavy atom. The zero-order valence-electron chi connectivity index (χ0n) is 9.72. The molecule has 1 aromatic carbocycles. The maximum atomic E-state index is 11.9. The van der Waals surface area contributed by atoms with Crippen molar-refractivity contribution in [3.63, 3.8) is 0 Å². The second kappa shape index (κ2) is 3.87. The Kier molecular flexibility index (Phi) is 2.35. The van der Waals surface area contributed by atoms with E-state index in [-0.39, 0.29) is 5.97 Å². The number of fused-ring (bicyclic) bond motifs is 1. The van der Waals surface area contributed by atoms with Gasteiger partial charge in [0.1, 0.15) is 5.52 Å². The molecule has 0 atom stereocenters. The van der Waals surface area contributed by atoms with Crippen molar-refractivity contribution in [3.05, 3.63) is 30.1 Å². The summed E-state index contributed by atoms with van der Waals surface area (Å²) >= 11 is 0. The maximum absolute atomic E-state index is 11.9. The fraction of sp³-hybridized carbons (Fsp3) is 0.385. The number of carbonyl (C=O) groups is 1. The SMILES string of the molecule is Cn1cnc2c(C(=O)OCC3CC3)cccc21. The monoisotopic (exact) mass is 230 g/mol. The van der Waals surface area contributed by atoms with Crippen molar-refractivity contribution in [2.45, 2.75) is 12.8 Å². The van der Waals surface area contributed by atoms with E-state index in [1.807, 2.05) is 23.7 Å². The molecule has 0 spiro atoms. The van der Waals surface area contributed by atoms with E-state index in [1.165, 1.54) is 12.8 Å². The van der Waals surface area contributed by atoms with E-state index >= 15 is 0 Å². The van der Waals surface area contributed by atoms with Crippen LogP contribution in [0.5, 0.6) is 0 Å². The van der Waals surface area contributed by atoms with E-state index in [9.17, 15) is 4.79 Å². The van der Waals surface area contributed by atoms with Crippen molar-refractivity contribution in [2.75, 3.05) is 6.61 Å². The first-order valence-electron chi connectivity index (χ1n) is 5.83. The number of ether oxygens (including phenoxy) is 1. The average molecular weight is 230 g/mol. The smallest absolute Gasteiger partial charge is 0.340 e. The predicted octanol–water partition coefficient (Wildman–Crippen LogP) is 2.14. The minimum atomic E-state index is -0.263. The lowest BCUT2D eigenvalue weighted by atomic mass is 10.2. The molecular formula is C13H14N2O2. The number of esters is 1. The number of benzene rings is 1. The third-order valence-corrected chi connectivity index (χ3v) is 3.12. The Hall–Kier alpha value is -1.84. The molecule has 1 fully saturated rings. The van der Waals surface area contributed by atoms with Crippen LogP contribution in [0.4, 0.5) is 0 Å². The Morgan fingerprint density at radius 2 is 2.35 bits per heavy atom. The molecule has 0 unspecified atom stereocenters. The zero-order chi connectivity index (χ0) is 11.8. The Morgan fingerprint density at radius 3 is 3.12 bits per heavy atom.